The molecule has 198 valence electrons. The van der Waals surface area contributed by atoms with E-state index in [0.29, 0.717) is 24.8 Å². The van der Waals surface area contributed by atoms with Crippen molar-refractivity contribution in [3.63, 3.8) is 0 Å². The van der Waals surface area contributed by atoms with E-state index in [4.69, 9.17) is 0 Å². The Bertz CT molecular complexity index is 1600. The van der Waals surface area contributed by atoms with Gasteiger partial charge in [0.05, 0.1) is 10.9 Å². The summed E-state index contributed by atoms with van der Waals surface area (Å²) in [5.41, 5.74) is 2.20. The highest BCUT2D eigenvalue weighted by Crippen LogP contribution is 2.30. The number of rotatable bonds is 9. The number of pyridine rings is 1. The van der Waals surface area contributed by atoms with E-state index in [0.717, 1.165) is 23.2 Å². The van der Waals surface area contributed by atoms with E-state index in [1.54, 1.807) is 36.5 Å². The maximum atomic E-state index is 13.9. The van der Waals surface area contributed by atoms with Crippen molar-refractivity contribution in [1.82, 2.24) is 14.5 Å². The molecule has 0 saturated heterocycles. The lowest BCUT2D eigenvalue weighted by atomic mass is 10.0. The Labute approximate surface area is 221 Å². The zero-order valence-corrected chi connectivity index (χ0v) is 22.4. The molecular formula is C29H30FN3O4S. The molecule has 1 atom stereocenters. The molecular weight excluding hydrogens is 505 g/mol. The molecule has 4 rings (SSSR count). The van der Waals surface area contributed by atoms with Gasteiger partial charge in [0.1, 0.15) is 11.6 Å². The molecule has 0 aliphatic rings. The number of aryl methyl sites for hydroxylation is 2. The van der Waals surface area contributed by atoms with E-state index in [1.807, 2.05) is 26.8 Å². The maximum Gasteiger partial charge on any atom is 0.277 e. The molecule has 0 aliphatic carbocycles. The number of aromatic hydroxyl groups is 1. The van der Waals surface area contributed by atoms with Crippen LogP contribution >= 0.6 is 0 Å². The van der Waals surface area contributed by atoms with Crippen LogP contribution in [0.1, 0.15) is 56.2 Å². The molecule has 0 unspecified atom stereocenters. The molecule has 0 saturated carbocycles. The number of hydrogen-bond acceptors (Lipinski definition) is 6. The molecule has 2 aromatic carbocycles. The summed E-state index contributed by atoms with van der Waals surface area (Å²) >= 11 is 0. The van der Waals surface area contributed by atoms with E-state index in [2.05, 4.69) is 9.97 Å². The van der Waals surface area contributed by atoms with Crippen LogP contribution in [0.25, 0.3) is 11.1 Å². The summed E-state index contributed by atoms with van der Waals surface area (Å²) in [4.78, 5) is 21.4. The number of benzene rings is 2. The van der Waals surface area contributed by atoms with Crippen molar-refractivity contribution in [3.05, 3.63) is 100 Å². The second kappa shape index (κ2) is 11.3. The Balaban J connectivity index is 1.86. The minimum atomic E-state index is -4.42. The van der Waals surface area contributed by atoms with E-state index >= 15 is 0 Å². The van der Waals surface area contributed by atoms with Gasteiger partial charge in [0.15, 0.2) is 4.90 Å². The van der Waals surface area contributed by atoms with E-state index in [1.165, 1.54) is 28.8 Å². The number of hydrogen-bond donors (Lipinski definition) is 1. The van der Waals surface area contributed by atoms with Crippen molar-refractivity contribution >= 4 is 9.84 Å². The molecule has 0 amide bonds. The first-order valence-corrected chi connectivity index (χ1v) is 14.0. The summed E-state index contributed by atoms with van der Waals surface area (Å²) in [5, 5.41) is 10.8. The first kappa shape index (κ1) is 27.2. The first-order valence-electron chi connectivity index (χ1n) is 12.6. The first-order chi connectivity index (χ1) is 18.2. The SMILES string of the molecule is CCCCc1nc(O)c(S(=O)(=O)c2ccc(-c3cccnc3C)cc2)c(=O)n1[C@@H](CC)c1ccc(F)cc1. The fourth-order valence-electron chi connectivity index (χ4n) is 4.59. The fraction of sp³-hybridized carbons (Fsp3) is 0.276. The second-order valence-corrected chi connectivity index (χ2v) is 11.0. The molecule has 4 aromatic rings. The molecule has 38 heavy (non-hydrogen) atoms. The number of unbranched alkanes of at least 4 members (excludes halogenated alkanes) is 1. The van der Waals surface area contributed by atoms with Crippen LogP contribution in [0.2, 0.25) is 0 Å². The van der Waals surface area contributed by atoms with Crippen molar-refractivity contribution in [1.29, 1.82) is 0 Å². The van der Waals surface area contributed by atoms with Crippen LogP contribution in [0.15, 0.2) is 81.4 Å². The zero-order valence-electron chi connectivity index (χ0n) is 21.6. The van der Waals surface area contributed by atoms with Crippen LogP contribution in [-0.4, -0.2) is 28.1 Å². The van der Waals surface area contributed by atoms with Gasteiger partial charge in [-0.2, -0.15) is 4.98 Å². The van der Waals surface area contributed by atoms with Crippen LogP contribution in [-0.2, 0) is 16.3 Å². The molecule has 0 radical (unpaired) electrons. The Kier molecular flexibility index (Phi) is 8.06. The summed E-state index contributed by atoms with van der Waals surface area (Å²) in [7, 11) is -4.42. The monoisotopic (exact) mass is 535 g/mol. The van der Waals surface area contributed by atoms with Gasteiger partial charge in [-0.05, 0) is 61.2 Å². The molecule has 7 nitrogen and oxygen atoms in total. The molecule has 9 heteroatoms. The Hall–Kier alpha value is -3.85. The highest BCUT2D eigenvalue weighted by molar-refractivity contribution is 7.91. The largest absolute Gasteiger partial charge is 0.492 e. The van der Waals surface area contributed by atoms with E-state index in [-0.39, 0.29) is 10.7 Å². The fourth-order valence-corrected chi connectivity index (χ4v) is 5.93. The van der Waals surface area contributed by atoms with E-state index < -0.39 is 38.0 Å². The summed E-state index contributed by atoms with van der Waals surface area (Å²) < 4.78 is 42.3. The van der Waals surface area contributed by atoms with Gasteiger partial charge in [-0.15, -0.1) is 0 Å². The number of nitrogens with zero attached hydrogens (tertiary/aromatic N) is 3. The predicted molar refractivity (Wildman–Crippen MR) is 143 cm³/mol. The normalized spacial score (nSPS) is 12.4. The Morgan fingerprint density at radius 3 is 2.32 bits per heavy atom. The minimum absolute atomic E-state index is 0.139. The van der Waals surface area contributed by atoms with Crippen LogP contribution in [0.5, 0.6) is 5.88 Å². The summed E-state index contributed by atoms with van der Waals surface area (Å²) in [6.07, 6.45) is 3.98. The molecule has 2 aromatic heterocycles. The lowest BCUT2D eigenvalue weighted by molar-refractivity contribution is 0.406. The van der Waals surface area contributed by atoms with Crippen molar-refractivity contribution in [2.24, 2.45) is 0 Å². The molecule has 0 fully saturated rings. The third-order valence-corrected chi connectivity index (χ3v) is 8.37. The third-order valence-electron chi connectivity index (χ3n) is 6.59. The van der Waals surface area contributed by atoms with Gasteiger partial charge in [-0.3, -0.25) is 14.3 Å². The highest BCUT2D eigenvalue weighted by Gasteiger charge is 2.31. The minimum Gasteiger partial charge on any atom is -0.492 e. The third kappa shape index (κ3) is 5.24. The Morgan fingerprint density at radius 1 is 1.03 bits per heavy atom. The van der Waals surface area contributed by atoms with Crippen molar-refractivity contribution in [2.75, 3.05) is 0 Å². The maximum absolute atomic E-state index is 13.9. The molecule has 1 N–H and O–H groups in total. The number of sulfone groups is 1. The smallest absolute Gasteiger partial charge is 0.277 e. The zero-order chi connectivity index (χ0) is 27.4. The van der Waals surface area contributed by atoms with Gasteiger partial charge in [0.2, 0.25) is 15.7 Å². The average Bonchev–Trinajstić information content (AvgIpc) is 2.90. The lowest BCUT2D eigenvalue weighted by Gasteiger charge is -2.23. The van der Waals surface area contributed by atoms with Crippen molar-refractivity contribution < 1.29 is 17.9 Å². The Morgan fingerprint density at radius 2 is 1.71 bits per heavy atom. The van der Waals surface area contributed by atoms with Gasteiger partial charge in [0, 0.05) is 23.9 Å². The van der Waals surface area contributed by atoms with Gasteiger partial charge in [0.25, 0.3) is 5.56 Å². The van der Waals surface area contributed by atoms with Crippen LogP contribution in [0.4, 0.5) is 4.39 Å². The summed E-state index contributed by atoms with van der Waals surface area (Å²) in [5.74, 6) is -0.954. The lowest BCUT2D eigenvalue weighted by Crippen LogP contribution is -2.33. The summed E-state index contributed by atoms with van der Waals surface area (Å²) in [6.45, 7) is 5.69. The average molecular weight is 536 g/mol. The summed E-state index contributed by atoms with van der Waals surface area (Å²) in [6, 6.07) is 14.9. The standard InChI is InChI=1S/C29H30FN3O4S/c1-4-6-9-26-32-28(34)27(29(35)33(26)25(5-2)21-10-14-22(30)15-11-21)38(36,37)23-16-12-20(13-17-23)24-8-7-18-31-19(24)3/h7-8,10-18,25,34H,4-6,9H2,1-3H3/t25-/m0/s1. The molecule has 0 spiro atoms. The van der Waals surface area contributed by atoms with Gasteiger partial charge < -0.3 is 5.11 Å². The van der Waals surface area contributed by atoms with Crippen LogP contribution < -0.4 is 5.56 Å². The molecule has 2 heterocycles. The topological polar surface area (TPSA) is 102 Å². The van der Waals surface area contributed by atoms with Gasteiger partial charge in [-0.1, -0.05) is 50.6 Å². The van der Waals surface area contributed by atoms with Crippen molar-refractivity contribution in [3.8, 4) is 17.0 Å². The highest BCUT2D eigenvalue weighted by atomic mass is 32.2. The van der Waals surface area contributed by atoms with Gasteiger partial charge >= 0.3 is 0 Å². The van der Waals surface area contributed by atoms with E-state index in [9.17, 15) is 22.7 Å². The number of aromatic nitrogens is 3. The van der Waals surface area contributed by atoms with Crippen LogP contribution in [0, 0.1) is 12.7 Å². The predicted octanol–water partition coefficient (Wildman–Crippen LogP) is 5.63. The van der Waals surface area contributed by atoms with Gasteiger partial charge in [-0.25, -0.2) is 12.8 Å². The van der Waals surface area contributed by atoms with Crippen molar-refractivity contribution in [2.45, 2.75) is 62.3 Å². The second-order valence-electron chi connectivity index (χ2n) is 9.10. The number of halogens is 1. The van der Waals surface area contributed by atoms with Crippen LogP contribution in [0.3, 0.4) is 0 Å². The molecule has 0 bridgehead atoms. The molecule has 0 aliphatic heterocycles. The quantitative estimate of drug-likeness (QED) is 0.298.